The summed E-state index contributed by atoms with van der Waals surface area (Å²) in [5, 5.41) is 3.98. The van der Waals surface area contributed by atoms with Crippen molar-refractivity contribution in [2.45, 2.75) is 12.0 Å². The van der Waals surface area contributed by atoms with Crippen molar-refractivity contribution in [2.24, 2.45) is 0 Å². The molecule has 3 aromatic heterocycles. The molecular formula is C18H19F2N7O3S. The molecular weight excluding hydrogens is 432 g/mol. The number of fused-ring (bicyclic) bond motifs is 1. The van der Waals surface area contributed by atoms with E-state index in [-0.39, 0.29) is 5.69 Å². The lowest BCUT2D eigenvalue weighted by Crippen LogP contribution is -2.71. The van der Waals surface area contributed by atoms with Crippen LogP contribution in [0.3, 0.4) is 0 Å². The van der Waals surface area contributed by atoms with Crippen molar-refractivity contribution >= 4 is 21.5 Å². The van der Waals surface area contributed by atoms with Gasteiger partial charge in [-0.2, -0.15) is 9.40 Å². The summed E-state index contributed by atoms with van der Waals surface area (Å²) in [5.74, 6) is 0.630. The largest absolute Gasteiger partial charge is 0.369 e. The highest BCUT2D eigenvalue weighted by atomic mass is 32.2. The van der Waals surface area contributed by atoms with Crippen molar-refractivity contribution in [3.05, 3.63) is 36.4 Å². The Labute approximate surface area is 176 Å². The third kappa shape index (κ3) is 3.62. The van der Waals surface area contributed by atoms with Gasteiger partial charge in [0.15, 0.2) is 5.65 Å². The van der Waals surface area contributed by atoms with Gasteiger partial charge in [0, 0.05) is 25.7 Å². The fourth-order valence-corrected chi connectivity index (χ4v) is 4.84. The monoisotopic (exact) mass is 451 g/mol. The zero-order valence-electron chi connectivity index (χ0n) is 16.5. The third-order valence-electron chi connectivity index (χ3n) is 5.49. The zero-order valence-corrected chi connectivity index (χ0v) is 17.3. The molecule has 0 radical (unpaired) electrons. The SMILES string of the molecule is CS(=O)(=O)N1CC2(CN(c3cc(-c4cnc5ccc(C(F)F)nn45)ncn3)CCO2)C1. The Morgan fingerprint density at radius 3 is 2.71 bits per heavy atom. The molecule has 0 bridgehead atoms. The molecule has 164 valence electrons. The molecule has 5 rings (SSSR count). The van der Waals surface area contributed by atoms with Crippen molar-refractivity contribution in [3.63, 3.8) is 0 Å². The first-order valence-corrected chi connectivity index (χ1v) is 11.4. The Morgan fingerprint density at radius 2 is 1.97 bits per heavy atom. The molecule has 1 spiro atoms. The Balaban J connectivity index is 1.42. The van der Waals surface area contributed by atoms with Crippen LogP contribution in [0.15, 0.2) is 30.7 Å². The number of anilines is 1. The van der Waals surface area contributed by atoms with Gasteiger partial charge in [-0.1, -0.05) is 0 Å². The van der Waals surface area contributed by atoms with Crippen LogP contribution in [0, 0.1) is 0 Å². The van der Waals surface area contributed by atoms with E-state index in [1.165, 1.54) is 39.7 Å². The van der Waals surface area contributed by atoms with Crippen LogP contribution in [0.1, 0.15) is 12.1 Å². The lowest BCUT2D eigenvalue weighted by molar-refractivity contribution is -0.122. The number of halogens is 2. The van der Waals surface area contributed by atoms with E-state index in [2.05, 4.69) is 20.1 Å². The van der Waals surface area contributed by atoms with E-state index in [0.717, 1.165) is 0 Å². The number of aromatic nitrogens is 5. The lowest BCUT2D eigenvalue weighted by Gasteiger charge is -2.52. The van der Waals surface area contributed by atoms with Crippen molar-refractivity contribution in [3.8, 4) is 11.4 Å². The predicted octanol–water partition coefficient (Wildman–Crippen LogP) is 0.974. The molecule has 0 amide bonds. The van der Waals surface area contributed by atoms with Crippen molar-refractivity contribution in [2.75, 3.05) is 43.9 Å². The van der Waals surface area contributed by atoms with Gasteiger partial charge >= 0.3 is 0 Å². The van der Waals surface area contributed by atoms with E-state index < -0.39 is 22.0 Å². The van der Waals surface area contributed by atoms with Crippen molar-refractivity contribution in [1.82, 2.24) is 28.9 Å². The lowest BCUT2D eigenvalue weighted by atomic mass is 9.94. The normalized spacial score (nSPS) is 19.3. The van der Waals surface area contributed by atoms with Crippen molar-refractivity contribution < 1.29 is 21.9 Å². The highest BCUT2D eigenvalue weighted by molar-refractivity contribution is 7.88. The maximum atomic E-state index is 13.1. The van der Waals surface area contributed by atoms with Crippen LogP contribution in [-0.2, 0) is 14.8 Å². The molecule has 0 unspecified atom stereocenters. The fourth-order valence-electron chi connectivity index (χ4n) is 3.90. The predicted molar refractivity (Wildman–Crippen MR) is 106 cm³/mol. The molecule has 0 aliphatic carbocycles. The van der Waals surface area contributed by atoms with Gasteiger partial charge in [0.1, 0.15) is 29.1 Å². The summed E-state index contributed by atoms with van der Waals surface area (Å²) in [6.07, 6.45) is 1.41. The number of rotatable bonds is 4. The zero-order chi connectivity index (χ0) is 21.8. The standard InChI is InChI=1S/C18H19F2N7O3S/c1-31(28,29)26-9-18(10-26)8-25(4-5-30-18)16-6-13(22-11-23-16)14-7-21-15-3-2-12(17(19)20)24-27(14)15/h2-3,6-7,11,17H,4-5,8-10H2,1H3. The average Bonchev–Trinajstić information content (AvgIpc) is 3.14. The molecule has 2 saturated heterocycles. The Morgan fingerprint density at radius 1 is 1.16 bits per heavy atom. The summed E-state index contributed by atoms with van der Waals surface area (Å²) in [7, 11) is -3.25. The maximum absolute atomic E-state index is 13.1. The fraction of sp³-hybridized carbons (Fsp3) is 0.444. The second kappa shape index (κ2) is 7.14. The number of ether oxygens (including phenoxy) is 1. The van der Waals surface area contributed by atoms with Gasteiger partial charge in [-0.3, -0.25) is 0 Å². The second-order valence-corrected chi connectivity index (χ2v) is 9.70. The van der Waals surface area contributed by atoms with Gasteiger partial charge < -0.3 is 9.64 Å². The molecule has 0 atom stereocenters. The number of imidazole rings is 1. The summed E-state index contributed by atoms with van der Waals surface area (Å²) in [6.45, 7) is 2.10. The molecule has 3 aromatic rings. The number of alkyl halides is 2. The van der Waals surface area contributed by atoms with Gasteiger partial charge in [-0.05, 0) is 12.1 Å². The molecule has 5 heterocycles. The van der Waals surface area contributed by atoms with Crippen LogP contribution in [0.25, 0.3) is 17.0 Å². The number of morpholine rings is 1. The molecule has 0 N–H and O–H groups in total. The smallest absolute Gasteiger partial charge is 0.282 e. The summed E-state index contributed by atoms with van der Waals surface area (Å²) >= 11 is 0. The van der Waals surface area contributed by atoms with Gasteiger partial charge in [0.2, 0.25) is 10.0 Å². The van der Waals surface area contributed by atoms with Crippen LogP contribution < -0.4 is 4.90 Å². The van der Waals surface area contributed by atoms with E-state index in [1.54, 1.807) is 6.07 Å². The van der Waals surface area contributed by atoms with E-state index in [0.29, 0.717) is 55.6 Å². The average molecular weight is 451 g/mol. The Bertz CT molecular complexity index is 1240. The molecule has 0 saturated carbocycles. The molecule has 2 fully saturated rings. The van der Waals surface area contributed by atoms with Crippen LogP contribution in [0.2, 0.25) is 0 Å². The van der Waals surface area contributed by atoms with E-state index >= 15 is 0 Å². The maximum Gasteiger partial charge on any atom is 0.282 e. The highest BCUT2D eigenvalue weighted by Crippen LogP contribution is 2.33. The van der Waals surface area contributed by atoms with Crippen LogP contribution in [-0.4, -0.2) is 81.9 Å². The molecule has 0 aromatic carbocycles. The first-order valence-electron chi connectivity index (χ1n) is 9.53. The minimum Gasteiger partial charge on any atom is -0.369 e. The number of nitrogens with zero attached hydrogens (tertiary/aromatic N) is 7. The number of hydrogen-bond donors (Lipinski definition) is 0. The van der Waals surface area contributed by atoms with Gasteiger partial charge in [-0.25, -0.2) is 36.7 Å². The molecule has 31 heavy (non-hydrogen) atoms. The summed E-state index contributed by atoms with van der Waals surface area (Å²) in [4.78, 5) is 14.8. The summed E-state index contributed by atoms with van der Waals surface area (Å²) in [6, 6.07) is 4.47. The number of sulfonamides is 1. The first-order chi connectivity index (χ1) is 14.7. The highest BCUT2D eigenvalue weighted by Gasteiger charge is 2.50. The summed E-state index contributed by atoms with van der Waals surface area (Å²) < 4.78 is 58.2. The topological polar surface area (TPSA) is 106 Å². The van der Waals surface area contributed by atoms with Gasteiger partial charge in [0.05, 0.1) is 31.3 Å². The van der Waals surface area contributed by atoms with Crippen LogP contribution >= 0.6 is 0 Å². The Hall–Kier alpha value is -2.77. The van der Waals surface area contributed by atoms with Gasteiger partial charge in [-0.15, -0.1) is 0 Å². The molecule has 2 aliphatic rings. The van der Waals surface area contributed by atoms with Crippen LogP contribution in [0.5, 0.6) is 0 Å². The first kappa shape index (κ1) is 20.2. The second-order valence-electron chi connectivity index (χ2n) is 7.72. The minimum absolute atomic E-state index is 0.299. The molecule has 2 aliphatic heterocycles. The van der Waals surface area contributed by atoms with E-state index in [9.17, 15) is 17.2 Å². The summed E-state index contributed by atoms with van der Waals surface area (Å²) in [5.41, 5.74) is 0.472. The van der Waals surface area contributed by atoms with Crippen LogP contribution in [0.4, 0.5) is 14.6 Å². The quantitative estimate of drug-likeness (QED) is 0.578. The molecule has 13 heteroatoms. The van der Waals surface area contributed by atoms with Gasteiger partial charge in [0.25, 0.3) is 6.43 Å². The Kier molecular flexibility index (Phi) is 4.64. The minimum atomic E-state index is -3.25. The number of hydrogen-bond acceptors (Lipinski definition) is 8. The van der Waals surface area contributed by atoms with E-state index in [1.807, 2.05) is 4.90 Å². The van der Waals surface area contributed by atoms with Crippen molar-refractivity contribution in [1.29, 1.82) is 0 Å². The third-order valence-corrected chi connectivity index (χ3v) is 6.69. The molecule has 10 nitrogen and oxygen atoms in total. The van der Waals surface area contributed by atoms with E-state index in [4.69, 9.17) is 4.74 Å².